The van der Waals surface area contributed by atoms with E-state index in [0.717, 1.165) is 28.2 Å². The lowest BCUT2D eigenvalue weighted by Gasteiger charge is -2.07. The summed E-state index contributed by atoms with van der Waals surface area (Å²) < 4.78 is 5.81. The largest absolute Gasteiger partial charge is 0.489 e. The second-order valence-corrected chi connectivity index (χ2v) is 8.05. The Labute approximate surface area is 197 Å². The van der Waals surface area contributed by atoms with E-state index in [1.165, 1.54) is 5.56 Å². The van der Waals surface area contributed by atoms with Gasteiger partial charge >= 0.3 is 0 Å². The van der Waals surface area contributed by atoms with E-state index in [2.05, 4.69) is 20.7 Å². The Hall–Kier alpha value is -3.90. The van der Waals surface area contributed by atoms with Crippen molar-refractivity contribution in [3.63, 3.8) is 0 Å². The second-order valence-electron chi connectivity index (χ2n) is 7.61. The molecule has 0 saturated carbocycles. The van der Waals surface area contributed by atoms with Gasteiger partial charge in [-0.1, -0.05) is 53.6 Å². The number of hydrogen-bond donors (Lipinski definition) is 2. The highest BCUT2D eigenvalue weighted by Gasteiger charge is 2.11. The molecule has 1 aromatic heterocycles. The zero-order valence-corrected chi connectivity index (χ0v) is 19.1. The van der Waals surface area contributed by atoms with E-state index in [1.54, 1.807) is 6.07 Å². The third-order valence-electron chi connectivity index (χ3n) is 5.09. The van der Waals surface area contributed by atoms with Crippen molar-refractivity contribution in [3.05, 3.63) is 106 Å². The van der Waals surface area contributed by atoms with Gasteiger partial charge in [0.1, 0.15) is 18.1 Å². The number of carbonyl (C=O) groups is 1. The summed E-state index contributed by atoms with van der Waals surface area (Å²) >= 11 is 5.91. The normalized spacial score (nSPS) is 11.3. The zero-order chi connectivity index (χ0) is 23.2. The Morgan fingerprint density at radius 1 is 1.03 bits per heavy atom. The summed E-state index contributed by atoms with van der Waals surface area (Å²) in [7, 11) is 0. The van der Waals surface area contributed by atoms with Gasteiger partial charge in [-0.25, -0.2) is 5.43 Å². The molecule has 33 heavy (non-hydrogen) atoms. The number of amides is 1. The lowest BCUT2D eigenvalue weighted by Crippen LogP contribution is -2.19. The number of halogens is 1. The van der Waals surface area contributed by atoms with Gasteiger partial charge in [-0.15, -0.1) is 0 Å². The minimum Gasteiger partial charge on any atom is -0.489 e. The quantitative estimate of drug-likeness (QED) is 0.272. The molecule has 0 radical (unpaired) electrons. The van der Waals surface area contributed by atoms with Crippen molar-refractivity contribution in [2.75, 3.05) is 0 Å². The van der Waals surface area contributed by atoms with E-state index >= 15 is 0 Å². The molecule has 3 aromatic carbocycles. The van der Waals surface area contributed by atoms with E-state index < -0.39 is 0 Å². The topological polar surface area (TPSA) is 79.4 Å². The molecule has 0 aliphatic rings. The number of H-pyrrole nitrogens is 1. The first-order valence-corrected chi connectivity index (χ1v) is 10.8. The number of benzene rings is 3. The molecule has 2 N–H and O–H groups in total. The summed E-state index contributed by atoms with van der Waals surface area (Å²) in [4.78, 5) is 12.5. The summed E-state index contributed by atoms with van der Waals surface area (Å²) in [6.45, 7) is 4.32. The van der Waals surface area contributed by atoms with Crippen LogP contribution in [0, 0.1) is 6.92 Å². The van der Waals surface area contributed by atoms with Gasteiger partial charge in [0.25, 0.3) is 5.91 Å². The van der Waals surface area contributed by atoms with Gasteiger partial charge in [0.2, 0.25) is 0 Å². The minimum absolute atomic E-state index is 0.327. The van der Waals surface area contributed by atoms with E-state index in [-0.39, 0.29) is 5.91 Å². The van der Waals surface area contributed by atoms with Crippen LogP contribution < -0.4 is 10.2 Å². The molecule has 0 spiro atoms. The molecule has 1 amide bonds. The van der Waals surface area contributed by atoms with Gasteiger partial charge in [0, 0.05) is 10.6 Å². The molecule has 6 nitrogen and oxygen atoms in total. The van der Waals surface area contributed by atoms with Crippen LogP contribution in [0.4, 0.5) is 0 Å². The molecule has 0 saturated heterocycles. The van der Waals surface area contributed by atoms with E-state index in [9.17, 15) is 4.79 Å². The Kier molecular flexibility index (Phi) is 6.86. The standard InChI is InChI=1S/C26H23ClN4O2/c1-17-3-7-20(8-4-17)18(2)28-31-26(32)25-15-24(29-30-25)21-9-13-23(14-10-21)33-16-19-5-11-22(27)12-6-19/h3-15H,16H2,1-2H3,(H,29,30)(H,31,32)/b28-18-. The third-order valence-corrected chi connectivity index (χ3v) is 5.34. The molecule has 0 fully saturated rings. The highest BCUT2D eigenvalue weighted by atomic mass is 35.5. The van der Waals surface area contributed by atoms with Crippen molar-refractivity contribution in [2.45, 2.75) is 20.5 Å². The number of aryl methyl sites for hydroxylation is 1. The Morgan fingerprint density at radius 3 is 2.42 bits per heavy atom. The number of ether oxygens (including phenoxy) is 1. The maximum atomic E-state index is 12.5. The first-order chi connectivity index (χ1) is 16.0. The van der Waals surface area contributed by atoms with Crippen molar-refractivity contribution in [1.82, 2.24) is 15.6 Å². The van der Waals surface area contributed by atoms with Crippen molar-refractivity contribution >= 4 is 23.2 Å². The van der Waals surface area contributed by atoms with Crippen LogP contribution in [0.5, 0.6) is 5.75 Å². The van der Waals surface area contributed by atoms with Crippen LogP contribution in [0.15, 0.2) is 84.0 Å². The van der Waals surface area contributed by atoms with Crippen molar-refractivity contribution in [2.24, 2.45) is 5.10 Å². The average molecular weight is 459 g/mol. The molecule has 4 rings (SSSR count). The lowest BCUT2D eigenvalue weighted by atomic mass is 10.1. The van der Waals surface area contributed by atoms with E-state index in [4.69, 9.17) is 16.3 Å². The number of hydrazone groups is 1. The van der Waals surface area contributed by atoms with Crippen LogP contribution in [0.25, 0.3) is 11.3 Å². The van der Waals surface area contributed by atoms with Gasteiger partial charge in [0.05, 0.1) is 11.4 Å². The molecule has 4 aromatic rings. The minimum atomic E-state index is -0.358. The molecule has 1 heterocycles. The number of nitrogens with zero attached hydrogens (tertiary/aromatic N) is 2. The van der Waals surface area contributed by atoms with Crippen LogP contribution in [-0.2, 0) is 6.61 Å². The molecule has 0 bridgehead atoms. The SMILES string of the molecule is C/C(=N/NC(=O)c1cc(-c2ccc(OCc3ccc(Cl)cc3)cc2)n[nH]1)c1ccc(C)cc1. The predicted molar refractivity (Wildman–Crippen MR) is 131 cm³/mol. The van der Waals surface area contributed by atoms with Crippen LogP contribution in [-0.4, -0.2) is 21.8 Å². The average Bonchev–Trinajstić information content (AvgIpc) is 3.33. The Morgan fingerprint density at radius 2 is 1.73 bits per heavy atom. The highest BCUT2D eigenvalue weighted by Crippen LogP contribution is 2.22. The van der Waals surface area contributed by atoms with Gasteiger partial charge in [-0.3, -0.25) is 9.89 Å². The van der Waals surface area contributed by atoms with E-state index in [0.29, 0.717) is 23.0 Å². The number of carbonyl (C=O) groups excluding carboxylic acids is 1. The van der Waals surface area contributed by atoms with Gasteiger partial charge in [-0.2, -0.15) is 10.2 Å². The number of nitrogens with one attached hydrogen (secondary N) is 2. The maximum Gasteiger partial charge on any atom is 0.289 e. The maximum absolute atomic E-state index is 12.5. The predicted octanol–water partition coefficient (Wildman–Crippen LogP) is 5.77. The van der Waals surface area contributed by atoms with Crippen LogP contribution in [0.1, 0.15) is 34.1 Å². The van der Waals surface area contributed by atoms with Gasteiger partial charge in [-0.05, 0) is 67.4 Å². The third kappa shape index (κ3) is 5.87. The smallest absolute Gasteiger partial charge is 0.289 e. The van der Waals surface area contributed by atoms with Crippen molar-refractivity contribution in [1.29, 1.82) is 0 Å². The van der Waals surface area contributed by atoms with Crippen LogP contribution in [0.3, 0.4) is 0 Å². The highest BCUT2D eigenvalue weighted by molar-refractivity contribution is 6.30. The summed E-state index contributed by atoms with van der Waals surface area (Å²) in [5.41, 5.74) is 8.29. The molecule has 0 aliphatic heterocycles. The number of hydrogen-bond acceptors (Lipinski definition) is 4. The summed E-state index contributed by atoms with van der Waals surface area (Å²) in [5.74, 6) is 0.381. The van der Waals surface area contributed by atoms with E-state index in [1.807, 2.05) is 86.6 Å². The monoisotopic (exact) mass is 458 g/mol. The molecular formula is C26H23ClN4O2. The second kappa shape index (κ2) is 10.1. The number of aromatic nitrogens is 2. The molecule has 0 aliphatic carbocycles. The summed E-state index contributed by atoms with van der Waals surface area (Å²) in [6, 6.07) is 24.7. The fourth-order valence-electron chi connectivity index (χ4n) is 3.11. The summed E-state index contributed by atoms with van der Waals surface area (Å²) in [5, 5.41) is 11.9. The van der Waals surface area contributed by atoms with Crippen LogP contribution >= 0.6 is 11.6 Å². The number of aromatic amines is 1. The first kappa shape index (κ1) is 22.3. The van der Waals surface area contributed by atoms with Gasteiger partial charge in [0.15, 0.2) is 0 Å². The Balaban J connectivity index is 1.36. The molecule has 0 unspecified atom stereocenters. The first-order valence-electron chi connectivity index (χ1n) is 10.4. The number of rotatable bonds is 7. The summed E-state index contributed by atoms with van der Waals surface area (Å²) in [6.07, 6.45) is 0. The fourth-order valence-corrected chi connectivity index (χ4v) is 3.24. The van der Waals surface area contributed by atoms with Crippen molar-refractivity contribution < 1.29 is 9.53 Å². The molecule has 0 atom stereocenters. The van der Waals surface area contributed by atoms with Crippen LogP contribution in [0.2, 0.25) is 5.02 Å². The zero-order valence-electron chi connectivity index (χ0n) is 18.3. The molecular weight excluding hydrogens is 436 g/mol. The van der Waals surface area contributed by atoms with Gasteiger partial charge < -0.3 is 4.74 Å². The lowest BCUT2D eigenvalue weighted by molar-refractivity contribution is 0.0950. The van der Waals surface area contributed by atoms with Crippen molar-refractivity contribution in [3.8, 4) is 17.0 Å². The molecule has 166 valence electrons. The fraction of sp³-hybridized carbons (Fsp3) is 0.115. The Bertz CT molecular complexity index is 1260. The molecule has 7 heteroatoms.